The van der Waals surface area contributed by atoms with Gasteiger partial charge < -0.3 is 11.1 Å². The molecular weight excluding hydrogens is 212 g/mol. The second-order valence-electron chi connectivity index (χ2n) is 4.44. The highest BCUT2D eigenvalue weighted by Crippen LogP contribution is 2.24. The molecule has 4 heteroatoms. The van der Waals surface area contributed by atoms with E-state index in [9.17, 15) is 4.79 Å². The van der Waals surface area contributed by atoms with Gasteiger partial charge in [0.25, 0.3) is 0 Å². The number of carbonyl (C=O) groups is 1. The molecule has 0 unspecified atom stereocenters. The summed E-state index contributed by atoms with van der Waals surface area (Å²) < 4.78 is 0. The number of nitrogens with one attached hydrogen (secondary N) is 1. The van der Waals surface area contributed by atoms with Crippen LogP contribution in [0.25, 0.3) is 0 Å². The maximum absolute atomic E-state index is 11.6. The Hall–Kier alpha value is -1.22. The number of nitrogen functional groups attached to an aromatic ring is 1. The largest absolute Gasteiger partial charge is 0.397 e. The first kappa shape index (κ1) is 11.9. The summed E-state index contributed by atoms with van der Waals surface area (Å²) in [4.78, 5) is 11.6. The lowest BCUT2D eigenvalue weighted by Gasteiger charge is -2.17. The Morgan fingerprint density at radius 3 is 2.47 bits per heavy atom. The number of amides is 1. The third kappa shape index (κ3) is 3.13. The third-order valence-electron chi connectivity index (χ3n) is 1.94. The van der Waals surface area contributed by atoms with Gasteiger partial charge in [-0.15, -0.1) is 0 Å². The smallest absolute Gasteiger partial charge is 0.229 e. The van der Waals surface area contributed by atoms with Gasteiger partial charge in [0.2, 0.25) is 5.91 Å². The first-order valence-corrected chi connectivity index (χ1v) is 5.05. The minimum atomic E-state index is -0.422. The number of benzene rings is 1. The van der Waals surface area contributed by atoms with E-state index in [1.165, 1.54) is 0 Å². The summed E-state index contributed by atoms with van der Waals surface area (Å²) in [6.45, 7) is 5.55. The van der Waals surface area contributed by atoms with Gasteiger partial charge in [0, 0.05) is 11.1 Å². The molecule has 0 radical (unpaired) electrons. The molecule has 82 valence electrons. The second kappa shape index (κ2) is 4.11. The molecule has 3 N–H and O–H groups in total. The van der Waals surface area contributed by atoms with Crippen LogP contribution in [0.15, 0.2) is 18.2 Å². The van der Waals surface area contributed by atoms with Crippen LogP contribution in [0.4, 0.5) is 11.4 Å². The van der Waals surface area contributed by atoms with E-state index in [1.807, 2.05) is 20.8 Å². The van der Waals surface area contributed by atoms with Crippen LogP contribution < -0.4 is 11.1 Å². The first-order chi connectivity index (χ1) is 6.80. The number of carbonyl (C=O) groups excluding carboxylic acids is 1. The van der Waals surface area contributed by atoms with Gasteiger partial charge in [0.1, 0.15) is 0 Å². The monoisotopic (exact) mass is 226 g/mol. The van der Waals surface area contributed by atoms with Gasteiger partial charge in [-0.05, 0) is 18.2 Å². The van der Waals surface area contributed by atoms with Crippen molar-refractivity contribution in [3.05, 3.63) is 23.2 Å². The van der Waals surface area contributed by atoms with Crippen LogP contribution in [0.2, 0.25) is 5.02 Å². The molecule has 0 bridgehead atoms. The summed E-state index contributed by atoms with van der Waals surface area (Å²) >= 11 is 5.77. The highest BCUT2D eigenvalue weighted by molar-refractivity contribution is 6.33. The Balaban J connectivity index is 2.83. The van der Waals surface area contributed by atoms with E-state index in [1.54, 1.807) is 18.2 Å². The summed E-state index contributed by atoms with van der Waals surface area (Å²) in [6.07, 6.45) is 0. The molecule has 1 rings (SSSR count). The third-order valence-corrected chi connectivity index (χ3v) is 2.28. The molecule has 0 saturated heterocycles. The normalized spacial score (nSPS) is 11.2. The van der Waals surface area contributed by atoms with Crippen molar-refractivity contribution >= 4 is 28.9 Å². The number of nitrogens with two attached hydrogens (primary N) is 1. The van der Waals surface area contributed by atoms with Crippen molar-refractivity contribution in [2.24, 2.45) is 5.41 Å². The number of halogens is 1. The quantitative estimate of drug-likeness (QED) is 0.724. The van der Waals surface area contributed by atoms with Gasteiger partial charge in [-0.2, -0.15) is 0 Å². The molecular formula is C11H15ClN2O. The van der Waals surface area contributed by atoms with Gasteiger partial charge in [0.05, 0.1) is 10.7 Å². The second-order valence-corrected chi connectivity index (χ2v) is 4.85. The molecule has 0 saturated carbocycles. The van der Waals surface area contributed by atoms with E-state index >= 15 is 0 Å². The molecule has 0 aliphatic heterocycles. The molecule has 0 aliphatic rings. The summed E-state index contributed by atoms with van der Waals surface area (Å²) in [5, 5.41) is 3.26. The van der Waals surface area contributed by atoms with Crippen molar-refractivity contribution in [3.8, 4) is 0 Å². The predicted octanol–water partition coefficient (Wildman–Crippen LogP) is 2.91. The van der Waals surface area contributed by atoms with Crippen LogP contribution in [0.1, 0.15) is 20.8 Å². The Morgan fingerprint density at radius 2 is 2.00 bits per heavy atom. The van der Waals surface area contributed by atoms with Gasteiger partial charge in [-0.1, -0.05) is 32.4 Å². The number of hydrogen-bond donors (Lipinski definition) is 2. The van der Waals surface area contributed by atoms with Crippen molar-refractivity contribution in [1.82, 2.24) is 0 Å². The fraction of sp³-hybridized carbons (Fsp3) is 0.364. The van der Waals surface area contributed by atoms with E-state index in [-0.39, 0.29) is 5.91 Å². The molecule has 0 atom stereocenters. The van der Waals surface area contributed by atoms with Gasteiger partial charge >= 0.3 is 0 Å². The zero-order valence-electron chi connectivity index (χ0n) is 9.10. The van der Waals surface area contributed by atoms with Crippen LogP contribution >= 0.6 is 11.6 Å². The molecule has 0 aliphatic carbocycles. The summed E-state index contributed by atoms with van der Waals surface area (Å²) in [5.41, 5.74) is 6.33. The van der Waals surface area contributed by atoms with E-state index in [2.05, 4.69) is 5.32 Å². The highest BCUT2D eigenvalue weighted by atomic mass is 35.5. The minimum Gasteiger partial charge on any atom is -0.397 e. The lowest BCUT2D eigenvalue weighted by molar-refractivity contribution is -0.123. The summed E-state index contributed by atoms with van der Waals surface area (Å²) in [6, 6.07) is 5.03. The maximum atomic E-state index is 11.6. The molecule has 1 aromatic carbocycles. The average Bonchev–Trinajstić information content (AvgIpc) is 2.10. The fourth-order valence-corrected chi connectivity index (χ4v) is 1.06. The Labute approximate surface area is 94.6 Å². The number of hydrogen-bond acceptors (Lipinski definition) is 2. The number of anilines is 2. The first-order valence-electron chi connectivity index (χ1n) is 4.67. The average molecular weight is 227 g/mol. The topological polar surface area (TPSA) is 55.1 Å². The van der Waals surface area contributed by atoms with Crippen LogP contribution in [0.5, 0.6) is 0 Å². The highest BCUT2D eigenvalue weighted by Gasteiger charge is 2.21. The van der Waals surface area contributed by atoms with Gasteiger partial charge in [0.15, 0.2) is 0 Å². The maximum Gasteiger partial charge on any atom is 0.229 e. The molecule has 0 spiro atoms. The van der Waals surface area contributed by atoms with E-state index in [4.69, 9.17) is 17.3 Å². The molecule has 3 nitrogen and oxygen atoms in total. The molecule has 1 aromatic rings. The zero-order chi connectivity index (χ0) is 11.6. The molecule has 0 fully saturated rings. The molecule has 0 aromatic heterocycles. The summed E-state index contributed by atoms with van der Waals surface area (Å²) in [7, 11) is 0. The Bertz CT molecular complexity index is 383. The predicted molar refractivity (Wildman–Crippen MR) is 63.9 cm³/mol. The van der Waals surface area contributed by atoms with Crippen molar-refractivity contribution in [1.29, 1.82) is 0 Å². The SMILES string of the molecule is CC(C)(C)C(=O)Nc1ccc(Cl)c(N)c1. The Kier molecular flexibility index (Phi) is 3.25. The standard InChI is InChI=1S/C11H15ClN2O/c1-11(2,3)10(15)14-7-4-5-8(12)9(13)6-7/h4-6H,13H2,1-3H3,(H,14,15). The van der Waals surface area contributed by atoms with Crippen molar-refractivity contribution < 1.29 is 4.79 Å². The van der Waals surface area contributed by atoms with Crippen molar-refractivity contribution in [2.45, 2.75) is 20.8 Å². The van der Waals surface area contributed by atoms with Crippen LogP contribution in [0, 0.1) is 5.41 Å². The van der Waals surface area contributed by atoms with Crippen LogP contribution in [0.3, 0.4) is 0 Å². The lowest BCUT2D eigenvalue weighted by atomic mass is 9.95. The van der Waals surface area contributed by atoms with Crippen molar-refractivity contribution in [3.63, 3.8) is 0 Å². The fourth-order valence-electron chi connectivity index (χ4n) is 0.940. The Morgan fingerprint density at radius 1 is 1.40 bits per heavy atom. The lowest BCUT2D eigenvalue weighted by Crippen LogP contribution is -2.27. The number of rotatable bonds is 1. The van der Waals surface area contributed by atoms with Crippen molar-refractivity contribution in [2.75, 3.05) is 11.1 Å². The molecule has 15 heavy (non-hydrogen) atoms. The molecule has 0 heterocycles. The van der Waals surface area contributed by atoms with Gasteiger partial charge in [-0.25, -0.2) is 0 Å². The van der Waals surface area contributed by atoms with Crippen LogP contribution in [-0.2, 0) is 4.79 Å². The van der Waals surface area contributed by atoms with E-state index in [0.29, 0.717) is 16.4 Å². The van der Waals surface area contributed by atoms with Crippen LogP contribution in [-0.4, -0.2) is 5.91 Å². The molecule has 1 amide bonds. The van der Waals surface area contributed by atoms with Gasteiger partial charge in [-0.3, -0.25) is 4.79 Å². The van der Waals surface area contributed by atoms with E-state index in [0.717, 1.165) is 0 Å². The van der Waals surface area contributed by atoms with E-state index < -0.39 is 5.41 Å². The summed E-state index contributed by atoms with van der Waals surface area (Å²) in [5.74, 6) is -0.0516. The zero-order valence-corrected chi connectivity index (χ0v) is 9.85. The minimum absolute atomic E-state index is 0.0516.